The minimum atomic E-state index is -0.322. The normalized spacial score (nSPS) is 10.8. The van der Waals surface area contributed by atoms with E-state index in [1.165, 1.54) is 4.57 Å². The van der Waals surface area contributed by atoms with Gasteiger partial charge in [0.05, 0.1) is 34.4 Å². The molecule has 0 spiro atoms. The standard InChI is InChI=1S/C23H18ClN3O3/c1-14-25-20-6-4-3-5-18(20)23(29)27(14)16-9-12-19(24)21(13-16)26-22(28)15-7-10-17(30-2)11-8-15/h3-13H,1-2H3,(H,26,28). The van der Waals surface area contributed by atoms with E-state index in [9.17, 15) is 9.59 Å². The maximum absolute atomic E-state index is 13.0. The average molecular weight is 420 g/mol. The Balaban J connectivity index is 1.73. The molecule has 0 saturated heterocycles. The van der Waals surface area contributed by atoms with Crippen molar-refractivity contribution in [1.82, 2.24) is 9.55 Å². The molecule has 1 amide bonds. The summed E-state index contributed by atoms with van der Waals surface area (Å²) in [7, 11) is 1.56. The Morgan fingerprint density at radius 2 is 1.80 bits per heavy atom. The van der Waals surface area contributed by atoms with E-state index in [2.05, 4.69) is 10.3 Å². The minimum Gasteiger partial charge on any atom is -0.497 e. The van der Waals surface area contributed by atoms with Crippen molar-refractivity contribution in [3.05, 3.63) is 93.5 Å². The van der Waals surface area contributed by atoms with Crippen molar-refractivity contribution in [2.75, 3.05) is 12.4 Å². The minimum absolute atomic E-state index is 0.187. The number of anilines is 1. The van der Waals surface area contributed by atoms with Gasteiger partial charge in [-0.3, -0.25) is 14.2 Å². The highest BCUT2D eigenvalue weighted by Gasteiger charge is 2.13. The quantitative estimate of drug-likeness (QED) is 0.524. The van der Waals surface area contributed by atoms with Crippen LogP contribution in [0.5, 0.6) is 5.75 Å². The Morgan fingerprint density at radius 1 is 1.07 bits per heavy atom. The number of aryl methyl sites for hydroxylation is 1. The van der Waals surface area contributed by atoms with Crippen molar-refractivity contribution in [2.45, 2.75) is 6.92 Å². The lowest BCUT2D eigenvalue weighted by Crippen LogP contribution is -2.22. The number of nitrogens with one attached hydrogen (secondary N) is 1. The van der Waals surface area contributed by atoms with Crippen LogP contribution in [-0.2, 0) is 0 Å². The molecule has 0 bridgehead atoms. The summed E-state index contributed by atoms with van der Waals surface area (Å²) >= 11 is 6.30. The Morgan fingerprint density at radius 3 is 2.53 bits per heavy atom. The van der Waals surface area contributed by atoms with Gasteiger partial charge < -0.3 is 10.1 Å². The van der Waals surface area contributed by atoms with E-state index in [0.29, 0.717) is 44.4 Å². The number of methoxy groups -OCH3 is 1. The first-order valence-electron chi connectivity index (χ1n) is 9.21. The molecule has 0 aliphatic carbocycles. The first-order chi connectivity index (χ1) is 14.5. The van der Waals surface area contributed by atoms with Gasteiger partial charge in [0.1, 0.15) is 11.6 Å². The van der Waals surface area contributed by atoms with Crippen molar-refractivity contribution in [1.29, 1.82) is 0 Å². The summed E-state index contributed by atoms with van der Waals surface area (Å²) < 4.78 is 6.61. The van der Waals surface area contributed by atoms with Crippen molar-refractivity contribution in [3.8, 4) is 11.4 Å². The Hall–Kier alpha value is -3.64. The summed E-state index contributed by atoms with van der Waals surface area (Å²) in [5.41, 5.74) is 1.86. The molecule has 30 heavy (non-hydrogen) atoms. The van der Waals surface area contributed by atoms with Crippen LogP contribution in [0.25, 0.3) is 16.6 Å². The fraction of sp³-hybridized carbons (Fsp3) is 0.0870. The Kier molecular flexibility index (Phi) is 5.25. The number of rotatable bonds is 4. The van der Waals surface area contributed by atoms with Gasteiger partial charge in [0.15, 0.2) is 0 Å². The lowest BCUT2D eigenvalue weighted by atomic mass is 10.2. The largest absolute Gasteiger partial charge is 0.497 e. The molecule has 0 saturated carbocycles. The summed E-state index contributed by atoms with van der Waals surface area (Å²) in [6, 6.07) is 18.9. The van der Waals surface area contributed by atoms with Crippen molar-refractivity contribution in [2.24, 2.45) is 0 Å². The number of carbonyl (C=O) groups is 1. The molecule has 6 nitrogen and oxygen atoms in total. The van der Waals surface area contributed by atoms with E-state index in [4.69, 9.17) is 16.3 Å². The van der Waals surface area contributed by atoms with Gasteiger partial charge in [-0.25, -0.2) is 4.98 Å². The Labute approximate surface area is 177 Å². The third-order valence-electron chi connectivity index (χ3n) is 4.75. The van der Waals surface area contributed by atoms with Crippen LogP contribution in [0.15, 0.2) is 71.5 Å². The predicted octanol–water partition coefficient (Wildman–Crippen LogP) is 4.61. The second-order valence-electron chi connectivity index (χ2n) is 6.66. The molecule has 0 fully saturated rings. The van der Waals surface area contributed by atoms with Crippen LogP contribution in [-0.4, -0.2) is 22.6 Å². The number of hydrogen-bond donors (Lipinski definition) is 1. The van der Waals surface area contributed by atoms with Gasteiger partial charge >= 0.3 is 0 Å². The summed E-state index contributed by atoms with van der Waals surface area (Å²) in [5.74, 6) is 0.871. The molecule has 3 aromatic carbocycles. The predicted molar refractivity (Wildman–Crippen MR) is 118 cm³/mol. The van der Waals surface area contributed by atoms with E-state index in [0.717, 1.165) is 0 Å². The van der Waals surface area contributed by atoms with E-state index >= 15 is 0 Å². The highest BCUT2D eigenvalue weighted by atomic mass is 35.5. The molecule has 0 aliphatic heterocycles. The number of carbonyl (C=O) groups excluding carboxylic acids is 1. The molecule has 4 rings (SSSR count). The molecule has 1 heterocycles. The second kappa shape index (κ2) is 8.00. The molecule has 0 radical (unpaired) electrons. The number of hydrogen-bond acceptors (Lipinski definition) is 4. The Bertz CT molecular complexity index is 1310. The van der Waals surface area contributed by atoms with Gasteiger partial charge in [0.25, 0.3) is 11.5 Å². The molecule has 150 valence electrons. The average Bonchev–Trinajstić information content (AvgIpc) is 2.76. The smallest absolute Gasteiger partial charge is 0.265 e. The number of benzene rings is 3. The number of fused-ring (bicyclic) bond motifs is 1. The maximum Gasteiger partial charge on any atom is 0.265 e. The van der Waals surface area contributed by atoms with Gasteiger partial charge in [-0.05, 0) is 61.5 Å². The van der Waals surface area contributed by atoms with E-state index in [1.54, 1.807) is 74.7 Å². The molecule has 0 atom stereocenters. The zero-order valence-corrected chi connectivity index (χ0v) is 17.1. The molecule has 7 heteroatoms. The van der Waals surface area contributed by atoms with Gasteiger partial charge in [0, 0.05) is 5.56 Å². The molecule has 1 aromatic heterocycles. The monoisotopic (exact) mass is 419 g/mol. The summed E-state index contributed by atoms with van der Waals surface area (Å²) in [4.78, 5) is 30.2. The summed E-state index contributed by atoms with van der Waals surface area (Å²) in [6.07, 6.45) is 0. The van der Waals surface area contributed by atoms with Gasteiger partial charge in [-0.15, -0.1) is 0 Å². The third kappa shape index (κ3) is 3.65. The third-order valence-corrected chi connectivity index (χ3v) is 5.08. The number of para-hydroxylation sites is 1. The van der Waals surface area contributed by atoms with Crippen LogP contribution in [0.1, 0.15) is 16.2 Å². The molecule has 0 unspecified atom stereocenters. The van der Waals surface area contributed by atoms with Crippen LogP contribution >= 0.6 is 11.6 Å². The first kappa shape index (κ1) is 19.7. The van der Waals surface area contributed by atoms with E-state index < -0.39 is 0 Å². The van der Waals surface area contributed by atoms with Crippen molar-refractivity contribution in [3.63, 3.8) is 0 Å². The number of nitrogens with zero attached hydrogens (tertiary/aromatic N) is 2. The van der Waals surface area contributed by atoms with Gasteiger partial charge in [0.2, 0.25) is 0 Å². The zero-order valence-electron chi connectivity index (χ0n) is 16.3. The highest BCUT2D eigenvalue weighted by molar-refractivity contribution is 6.34. The maximum atomic E-state index is 13.0. The fourth-order valence-corrected chi connectivity index (χ4v) is 3.40. The molecular formula is C23H18ClN3O3. The van der Waals surface area contributed by atoms with Crippen LogP contribution in [0.3, 0.4) is 0 Å². The lowest BCUT2D eigenvalue weighted by molar-refractivity contribution is 0.102. The highest BCUT2D eigenvalue weighted by Crippen LogP contribution is 2.26. The fourth-order valence-electron chi connectivity index (χ4n) is 3.23. The van der Waals surface area contributed by atoms with Crippen LogP contribution in [0, 0.1) is 6.92 Å². The van der Waals surface area contributed by atoms with Crippen LogP contribution in [0.4, 0.5) is 5.69 Å². The summed E-state index contributed by atoms with van der Waals surface area (Å²) in [5, 5.41) is 3.68. The number of ether oxygens (including phenoxy) is 1. The molecule has 4 aromatic rings. The molecular weight excluding hydrogens is 402 g/mol. The number of aromatic nitrogens is 2. The number of amides is 1. The van der Waals surface area contributed by atoms with Crippen molar-refractivity contribution < 1.29 is 9.53 Å². The first-order valence-corrected chi connectivity index (χ1v) is 9.59. The lowest BCUT2D eigenvalue weighted by Gasteiger charge is -2.14. The van der Waals surface area contributed by atoms with Crippen LogP contribution < -0.4 is 15.6 Å². The van der Waals surface area contributed by atoms with Crippen LogP contribution in [0.2, 0.25) is 5.02 Å². The number of halogens is 1. The SMILES string of the molecule is COc1ccc(C(=O)Nc2cc(-n3c(C)nc4ccccc4c3=O)ccc2Cl)cc1. The van der Waals surface area contributed by atoms with E-state index in [-0.39, 0.29) is 11.5 Å². The molecule has 1 N–H and O–H groups in total. The van der Waals surface area contributed by atoms with Crippen molar-refractivity contribution >= 4 is 34.1 Å². The topological polar surface area (TPSA) is 73.2 Å². The summed E-state index contributed by atoms with van der Waals surface area (Å²) in [6.45, 7) is 1.76. The van der Waals surface area contributed by atoms with E-state index in [1.807, 2.05) is 6.07 Å². The van der Waals surface area contributed by atoms with Gasteiger partial charge in [-0.1, -0.05) is 23.7 Å². The second-order valence-corrected chi connectivity index (χ2v) is 7.07. The van der Waals surface area contributed by atoms with Gasteiger partial charge in [-0.2, -0.15) is 0 Å². The molecule has 0 aliphatic rings. The zero-order chi connectivity index (χ0) is 21.3.